The maximum Gasteiger partial charge on any atom is 0.170 e. The fourth-order valence-electron chi connectivity index (χ4n) is 1.75. The molecule has 2 rings (SSSR count). The van der Waals surface area contributed by atoms with Gasteiger partial charge in [0.1, 0.15) is 17.7 Å². The Morgan fingerprint density at radius 3 is 3.12 bits per heavy atom. The van der Waals surface area contributed by atoms with Gasteiger partial charge in [-0.3, -0.25) is 4.79 Å². The SMILES string of the molecule is N#CCCC1CC(=O)c2cc(F)ccc2O1. The number of carbonyl (C=O) groups is 1. The van der Waals surface area contributed by atoms with Gasteiger partial charge in [-0.15, -0.1) is 0 Å². The van der Waals surface area contributed by atoms with Crippen LogP contribution in [0.4, 0.5) is 4.39 Å². The van der Waals surface area contributed by atoms with E-state index < -0.39 is 5.82 Å². The third kappa shape index (κ3) is 2.03. The molecule has 82 valence electrons. The first kappa shape index (κ1) is 10.6. The van der Waals surface area contributed by atoms with E-state index in [9.17, 15) is 9.18 Å². The molecule has 0 radical (unpaired) electrons. The Hall–Kier alpha value is -1.89. The molecule has 1 unspecified atom stereocenters. The molecule has 16 heavy (non-hydrogen) atoms. The largest absolute Gasteiger partial charge is 0.489 e. The number of fused-ring (bicyclic) bond motifs is 1. The van der Waals surface area contributed by atoms with Crippen molar-refractivity contribution in [3.05, 3.63) is 29.6 Å². The first-order valence-corrected chi connectivity index (χ1v) is 5.07. The lowest BCUT2D eigenvalue weighted by atomic mass is 9.98. The summed E-state index contributed by atoms with van der Waals surface area (Å²) >= 11 is 0. The number of nitriles is 1. The van der Waals surface area contributed by atoms with Crippen LogP contribution in [0.5, 0.6) is 5.75 Å². The zero-order valence-electron chi connectivity index (χ0n) is 8.57. The molecular formula is C12H10FNO2. The molecule has 1 aliphatic heterocycles. The smallest absolute Gasteiger partial charge is 0.170 e. The summed E-state index contributed by atoms with van der Waals surface area (Å²) in [4.78, 5) is 11.7. The molecular weight excluding hydrogens is 209 g/mol. The second kappa shape index (κ2) is 4.31. The van der Waals surface area contributed by atoms with Crippen LogP contribution in [-0.2, 0) is 0 Å². The van der Waals surface area contributed by atoms with E-state index in [2.05, 4.69) is 0 Å². The fraction of sp³-hybridized carbons (Fsp3) is 0.333. The van der Waals surface area contributed by atoms with Gasteiger partial charge in [-0.2, -0.15) is 5.26 Å². The van der Waals surface area contributed by atoms with Crippen LogP contribution in [-0.4, -0.2) is 11.9 Å². The molecule has 1 aromatic rings. The molecule has 0 spiro atoms. The highest BCUT2D eigenvalue weighted by Crippen LogP contribution is 2.29. The minimum Gasteiger partial charge on any atom is -0.489 e. The number of hydrogen-bond donors (Lipinski definition) is 0. The molecule has 0 saturated carbocycles. The van der Waals surface area contributed by atoms with Crippen LogP contribution in [0, 0.1) is 17.1 Å². The van der Waals surface area contributed by atoms with Crippen LogP contribution < -0.4 is 4.74 Å². The van der Waals surface area contributed by atoms with Crippen molar-refractivity contribution in [3.63, 3.8) is 0 Å². The van der Waals surface area contributed by atoms with Crippen molar-refractivity contribution >= 4 is 5.78 Å². The number of carbonyl (C=O) groups excluding carboxylic acids is 1. The summed E-state index contributed by atoms with van der Waals surface area (Å²) in [6.07, 6.45) is 0.844. The summed E-state index contributed by atoms with van der Waals surface area (Å²) in [5.74, 6) is -0.143. The first-order chi connectivity index (χ1) is 7.70. The van der Waals surface area contributed by atoms with Crippen LogP contribution in [0.15, 0.2) is 18.2 Å². The molecule has 1 atom stereocenters. The fourth-order valence-corrected chi connectivity index (χ4v) is 1.75. The Balaban J connectivity index is 2.21. The highest BCUT2D eigenvalue weighted by atomic mass is 19.1. The van der Waals surface area contributed by atoms with Crippen LogP contribution in [0.2, 0.25) is 0 Å². The normalized spacial score (nSPS) is 18.5. The topological polar surface area (TPSA) is 50.1 Å². The zero-order chi connectivity index (χ0) is 11.5. The van der Waals surface area contributed by atoms with Crippen LogP contribution in [0.3, 0.4) is 0 Å². The standard InChI is InChI=1S/C12H10FNO2/c13-8-3-4-12-10(6-8)11(15)7-9(16-12)2-1-5-14/h3-4,6,9H,1-2,7H2. The van der Waals surface area contributed by atoms with Crippen molar-refractivity contribution in [2.45, 2.75) is 25.4 Å². The Morgan fingerprint density at radius 1 is 1.56 bits per heavy atom. The van der Waals surface area contributed by atoms with E-state index in [1.54, 1.807) is 0 Å². The Kier molecular flexibility index (Phi) is 2.86. The molecule has 1 aromatic carbocycles. The van der Waals surface area contributed by atoms with Crippen LogP contribution in [0.25, 0.3) is 0 Å². The second-order valence-electron chi connectivity index (χ2n) is 3.70. The quantitative estimate of drug-likeness (QED) is 0.767. The van der Waals surface area contributed by atoms with E-state index in [-0.39, 0.29) is 18.3 Å². The van der Waals surface area contributed by atoms with E-state index >= 15 is 0 Å². The molecule has 0 aromatic heterocycles. The number of ether oxygens (including phenoxy) is 1. The van der Waals surface area contributed by atoms with E-state index in [0.717, 1.165) is 0 Å². The number of nitrogens with zero attached hydrogens (tertiary/aromatic N) is 1. The van der Waals surface area contributed by atoms with Gasteiger partial charge in [0.15, 0.2) is 5.78 Å². The van der Waals surface area contributed by atoms with Gasteiger partial charge in [-0.25, -0.2) is 4.39 Å². The Bertz CT molecular complexity index is 465. The van der Waals surface area contributed by atoms with Crippen molar-refractivity contribution in [3.8, 4) is 11.8 Å². The van der Waals surface area contributed by atoms with Crippen molar-refractivity contribution in [2.24, 2.45) is 0 Å². The van der Waals surface area contributed by atoms with Gasteiger partial charge in [0, 0.05) is 12.8 Å². The predicted octanol–water partition coefficient (Wildman–Crippen LogP) is 2.46. The van der Waals surface area contributed by atoms with Gasteiger partial charge >= 0.3 is 0 Å². The third-order valence-electron chi connectivity index (χ3n) is 2.53. The van der Waals surface area contributed by atoms with E-state index in [1.807, 2.05) is 6.07 Å². The molecule has 0 aliphatic carbocycles. The Morgan fingerprint density at radius 2 is 2.38 bits per heavy atom. The Labute approximate surface area is 92.4 Å². The second-order valence-corrected chi connectivity index (χ2v) is 3.70. The molecule has 1 aliphatic rings. The van der Waals surface area contributed by atoms with Crippen LogP contribution in [0.1, 0.15) is 29.6 Å². The zero-order valence-corrected chi connectivity index (χ0v) is 8.57. The first-order valence-electron chi connectivity index (χ1n) is 5.07. The lowest BCUT2D eigenvalue weighted by Crippen LogP contribution is -2.26. The monoisotopic (exact) mass is 219 g/mol. The van der Waals surface area contributed by atoms with Gasteiger partial charge in [0.2, 0.25) is 0 Å². The summed E-state index contributed by atoms with van der Waals surface area (Å²) in [6, 6.07) is 5.93. The van der Waals surface area contributed by atoms with Crippen LogP contribution >= 0.6 is 0 Å². The van der Waals surface area contributed by atoms with Gasteiger partial charge < -0.3 is 4.74 Å². The molecule has 3 nitrogen and oxygen atoms in total. The molecule has 1 heterocycles. The molecule has 0 saturated heterocycles. The lowest BCUT2D eigenvalue weighted by molar-refractivity contribution is 0.0840. The minimum absolute atomic E-state index is 0.122. The number of Topliss-reactive ketones (excluding diaryl/α,β-unsaturated/α-hetero) is 1. The predicted molar refractivity (Wildman–Crippen MR) is 54.6 cm³/mol. The van der Waals surface area contributed by atoms with Gasteiger partial charge in [0.25, 0.3) is 0 Å². The molecule has 0 amide bonds. The number of halogens is 1. The summed E-state index contributed by atoms with van der Waals surface area (Å²) in [5.41, 5.74) is 0.299. The van der Waals surface area contributed by atoms with Gasteiger partial charge in [-0.05, 0) is 24.6 Å². The number of ketones is 1. The highest BCUT2D eigenvalue weighted by molar-refractivity contribution is 5.99. The summed E-state index contributed by atoms with van der Waals surface area (Å²) in [7, 11) is 0. The van der Waals surface area contributed by atoms with E-state index in [4.69, 9.17) is 10.00 Å². The van der Waals surface area contributed by atoms with Gasteiger partial charge in [-0.1, -0.05) is 0 Å². The average molecular weight is 219 g/mol. The number of rotatable bonds is 2. The van der Waals surface area contributed by atoms with Crippen molar-refractivity contribution in [2.75, 3.05) is 0 Å². The highest BCUT2D eigenvalue weighted by Gasteiger charge is 2.26. The molecule has 0 N–H and O–H groups in total. The molecule has 4 heteroatoms. The minimum atomic E-state index is -0.439. The summed E-state index contributed by atoms with van der Waals surface area (Å²) < 4.78 is 18.4. The summed E-state index contributed by atoms with van der Waals surface area (Å²) in [6.45, 7) is 0. The number of hydrogen-bond acceptors (Lipinski definition) is 3. The molecule has 0 fully saturated rings. The van der Waals surface area contributed by atoms with Crippen molar-refractivity contribution in [1.82, 2.24) is 0 Å². The molecule has 0 bridgehead atoms. The maximum atomic E-state index is 12.9. The van der Waals surface area contributed by atoms with E-state index in [0.29, 0.717) is 24.2 Å². The lowest BCUT2D eigenvalue weighted by Gasteiger charge is -2.24. The summed E-state index contributed by atoms with van der Waals surface area (Å²) in [5, 5.41) is 8.45. The van der Waals surface area contributed by atoms with Gasteiger partial charge in [0.05, 0.1) is 11.6 Å². The third-order valence-corrected chi connectivity index (χ3v) is 2.53. The van der Waals surface area contributed by atoms with E-state index in [1.165, 1.54) is 18.2 Å². The average Bonchev–Trinajstić information content (AvgIpc) is 2.27. The van der Waals surface area contributed by atoms with Crippen molar-refractivity contribution in [1.29, 1.82) is 5.26 Å². The van der Waals surface area contributed by atoms with Crippen molar-refractivity contribution < 1.29 is 13.9 Å². The maximum absolute atomic E-state index is 12.9. The number of benzene rings is 1.